The number of nitrogens with zero attached hydrogens (tertiary/aromatic N) is 1. The van der Waals surface area contributed by atoms with Gasteiger partial charge in [0.1, 0.15) is 5.75 Å². The van der Waals surface area contributed by atoms with E-state index in [2.05, 4.69) is 4.74 Å². The molecule has 0 unspecified atom stereocenters. The summed E-state index contributed by atoms with van der Waals surface area (Å²) < 4.78 is 52.4. The van der Waals surface area contributed by atoms with Gasteiger partial charge in [-0.25, -0.2) is 0 Å². The second-order valence-corrected chi connectivity index (χ2v) is 5.85. The summed E-state index contributed by atoms with van der Waals surface area (Å²) in [5, 5.41) is 0. The normalized spacial score (nSPS) is 20.4. The third-order valence-electron chi connectivity index (χ3n) is 4.20. The van der Waals surface area contributed by atoms with E-state index in [0.717, 1.165) is 0 Å². The standard InChI is InChI=1S/C17H18F3NO4/c18-17(19,20)25-14-4-2-1-3-13(14)5-6-15(22)21-9-7-16(8-10-21)23-11-12-24-16/h1-6H,7-12H2. The van der Waals surface area contributed by atoms with Gasteiger partial charge in [0.05, 0.1) is 13.2 Å². The van der Waals surface area contributed by atoms with E-state index in [4.69, 9.17) is 9.47 Å². The zero-order valence-electron chi connectivity index (χ0n) is 13.4. The monoisotopic (exact) mass is 357 g/mol. The van der Waals surface area contributed by atoms with Crippen LogP contribution in [-0.2, 0) is 14.3 Å². The first-order valence-electron chi connectivity index (χ1n) is 7.97. The molecular formula is C17H18F3NO4. The summed E-state index contributed by atoms with van der Waals surface area (Å²) >= 11 is 0. The van der Waals surface area contributed by atoms with Crippen molar-refractivity contribution in [3.63, 3.8) is 0 Å². The quantitative estimate of drug-likeness (QED) is 0.781. The minimum absolute atomic E-state index is 0.184. The van der Waals surface area contributed by atoms with Crippen LogP contribution in [0.25, 0.3) is 6.08 Å². The van der Waals surface area contributed by atoms with E-state index in [1.807, 2.05) is 0 Å². The molecule has 0 N–H and O–H groups in total. The molecule has 0 radical (unpaired) electrons. The molecule has 2 saturated heterocycles. The minimum Gasteiger partial charge on any atom is -0.405 e. The zero-order valence-corrected chi connectivity index (χ0v) is 13.4. The number of alkyl halides is 3. The summed E-state index contributed by atoms with van der Waals surface area (Å²) in [6.07, 6.45) is -1.03. The lowest BCUT2D eigenvalue weighted by atomic mass is 10.0. The molecule has 1 aromatic carbocycles. The molecule has 2 aliphatic rings. The van der Waals surface area contributed by atoms with E-state index in [0.29, 0.717) is 39.1 Å². The van der Waals surface area contributed by atoms with Crippen LogP contribution in [0.1, 0.15) is 18.4 Å². The van der Waals surface area contributed by atoms with Gasteiger partial charge in [-0.2, -0.15) is 0 Å². The number of rotatable bonds is 3. The third kappa shape index (κ3) is 4.52. The van der Waals surface area contributed by atoms with Crippen LogP contribution in [0.3, 0.4) is 0 Å². The Morgan fingerprint density at radius 3 is 2.44 bits per heavy atom. The van der Waals surface area contributed by atoms with E-state index < -0.39 is 12.1 Å². The second kappa shape index (κ2) is 7.05. The smallest absolute Gasteiger partial charge is 0.405 e. The summed E-state index contributed by atoms with van der Waals surface area (Å²) in [7, 11) is 0. The van der Waals surface area contributed by atoms with Crippen LogP contribution in [0.15, 0.2) is 30.3 Å². The van der Waals surface area contributed by atoms with E-state index in [9.17, 15) is 18.0 Å². The van der Waals surface area contributed by atoms with Crippen LogP contribution in [-0.4, -0.2) is 49.3 Å². The predicted octanol–water partition coefficient (Wildman–Crippen LogP) is 2.96. The van der Waals surface area contributed by atoms with E-state index >= 15 is 0 Å². The molecule has 8 heteroatoms. The average Bonchev–Trinajstić information content (AvgIpc) is 3.01. The first-order chi connectivity index (χ1) is 11.9. The fourth-order valence-electron chi connectivity index (χ4n) is 2.96. The second-order valence-electron chi connectivity index (χ2n) is 5.85. The highest BCUT2D eigenvalue weighted by atomic mass is 19.4. The van der Waals surface area contributed by atoms with Crippen molar-refractivity contribution in [1.82, 2.24) is 4.90 Å². The van der Waals surface area contributed by atoms with Gasteiger partial charge >= 0.3 is 6.36 Å². The molecule has 0 aliphatic carbocycles. The number of carbonyl (C=O) groups excluding carboxylic acids is 1. The topological polar surface area (TPSA) is 48.0 Å². The Morgan fingerprint density at radius 2 is 1.80 bits per heavy atom. The SMILES string of the molecule is O=C(C=Cc1ccccc1OC(F)(F)F)N1CCC2(CC1)OCCO2. The first kappa shape index (κ1) is 17.8. The van der Waals surface area contributed by atoms with E-state index in [-0.39, 0.29) is 17.2 Å². The van der Waals surface area contributed by atoms with Crippen LogP contribution < -0.4 is 4.74 Å². The van der Waals surface area contributed by atoms with Crippen LogP contribution in [0.2, 0.25) is 0 Å². The summed E-state index contributed by atoms with van der Waals surface area (Å²) in [6.45, 7) is 2.07. The number of para-hydroxylation sites is 1. The van der Waals surface area contributed by atoms with Gasteiger partial charge < -0.3 is 19.1 Å². The number of ether oxygens (including phenoxy) is 3. The lowest BCUT2D eigenvalue weighted by molar-refractivity contribution is -0.274. The van der Waals surface area contributed by atoms with Crippen molar-refractivity contribution in [3.8, 4) is 5.75 Å². The number of amides is 1. The molecule has 0 aromatic heterocycles. The molecule has 0 saturated carbocycles. The maximum atomic E-state index is 12.4. The number of likely N-dealkylation sites (tertiary alicyclic amines) is 1. The van der Waals surface area contributed by atoms with Gasteiger partial charge in [-0.3, -0.25) is 4.79 Å². The Kier molecular flexibility index (Phi) is 5.01. The fourth-order valence-corrected chi connectivity index (χ4v) is 2.96. The van der Waals surface area contributed by atoms with Gasteiger partial charge in [0.2, 0.25) is 5.91 Å². The van der Waals surface area contributed by atoms with Gasteiger partial charge in [0, 0.05) is 37.6 Å². The highest BCUT2D eigenvalue weighted by Gasteiger charge is 2.40. The number of hydrogen-bond acceptors (Lipinski definition) is 4. The molecule has 1 spiro atoms. The van der Waals surface area contributed by atoms with Crippen molar-refractivity contribution >= 4 is 12.0 Å². The Labute approximate surface area is 143 Å². The lowest BCUT2D eigenvalue weighted by Gasteiger charge is -2.37. The lowest BCUT2D eigenvalue weighted by Crippen LogP contribution is -2.46. The van der Waals surface area contributed by atoms with Crippen molar-refractivity contribution in [2.75, 3.05) is 26.3 Å². The maximum Gasteiger partial charge on any atom is 0.573 e. The summed E-state index contributed by atoms with van der Waals surface area (Å²) in [6, 6.07) is 5.67. The fraction of sp³-hybridized carbons (Fsp3) is 0.471. The molecule has 25 heavy (non-hydrogen) atoms. The Balaban J connectivity index is 1.62. The number of carbonyl (C=O) groups is 1. The number of hydrogen-bond donors (Lipinski definition) is 0. The van der Waals surface area contributed by atoms with Crippen LogP contribution in [0.4, 0.5) is 13.2 Å². The average molecular weight is 357 g/mol. The highest BCUT2D eigenvalue weighted by Crippen LogP contribution is 2.31. The number of benzene rings is 1. The summed E-state index contributed by atoms with van der Waals surface area (Å²) in [5.74, 6) is -1.19. The summed E-state index contributed by atoms with van der Waals surface area (Å²) in [5.41, 5.74) is 0.184. The minimum atomic E-state index is -4.78. The Hall–Kier alpha value is -2.06. The van der Waals surface area contributed by atoms with Crippen molar-refractivity contribution < 1.29 is 32.2 Å². The van der Waals surface area contributed by atoms with E-state index in [1.54, 1.807) is 11.0 Å². The van der Waals surface area contributed by atoms with Crippen LogP contribution >= 0.6 is 0 Å². The zero-order chi connectivity index (χ0) is 17.9. The van der Waals surface area contributed by atoms with Crippen LogP contribution in [0.5, 0.6) is 5.75 Å². The molecule has 136 valence electrons. The largest absolute Gasteiger partial charge is 0.573 e. The molecule has 2 heterocycles. The summed E-state index contributed by atoms with van der Waals surface area (Å²) in [4.78, 5) is 13.9. The maximum absolute atomic E-state index is 12.4. The van der Waals surface area contributed by atoms with Crippen molar-refractivity contribution in [2.24, 2.45) is 0 Å². The third-order valence-corrected chi connectivity index (χ3v) is 4.20. The molecule has 1 aromatic rings. The van der Waals surface area contributed by atoms with Gasteiger partial charge in [0.25, 0.3) is 0 Å². The Bertz CT molecular complexity index is 644. The Morgan fingerprint density at radius 1 is 1.16 bits per heavy atom. The predicted molar refractivity (Wildman–Crippen MR) is 82.6 cm³/mol. The van der Waals surface area contributed by atoms with Crippen molar-refractivity contribution in [1.29, 1.82) is 0 Å². The molecule has 0 bridgehead atoms. The van der Waals surface area contributed by atoms with Crippen LogP contribution in [0, 0.1) is 0 Å². The van der Waals surface area contributed by atoms with Crippen molar-refractivity contribution in [2.45, 2.75) is 25.0 Å². The molecule has 0 atom stereocenters. The van der Waals surface area contributed by atoms with Gasteiger partial charge in [-0.15, -0.1) is 13.2 Å². The van der Waals surface area contributed by atoms with Gasteiger partial charge in [-0.05, 0) is 12.1 Å². The number of piperidine rings is 1. The molecule has 2 fully saturated rings. The van der Waals surface area contributed by atoms with Crippen molar-refractivity contribution in [3.05, 3.63) is 35.9 Å². The van der Waals surface area contributed by atoms with E-state index in [1.165, 1.54) is 30.4 Å². The molecule has 2 aliphatic heterocycles. The molecule has 3 rings (SSSR count). The molecule has 1 amide bonds. The first-order valence-corrected chi connectivity index (χ1v) is 7.97. The number of halogens is 3. The molecule has 5 nitrogen and oxygen atoms in total. The van der Waals surface area contributed by atoms with Gasteiger partial charge in [0.15, 0.2) is 5.79 Å². The molecular weight excluding hydrogens is 339 g/mol. The highest BCUT2D eigenvalue weighted by molar-refractivity contribution is 5.92. The van der Waals surface area contributed by atoms with Gasteiger partial charge in [-0.1, -0.05) is 18.2 Å².